The SMILES string of the molecule is COC(=O)c1occc1COC(=O)c1csc(-c2ncccn2)n1. The highest BCUT2D eigenvalue weighted by Gasteiger charge is 2.19. The van der Waals surface area contributed by atoms with Crippen molar-refractivity contribution in [1.82, 2.24) is 15.0 Å². The van der Waals surface area contributed by atoms with Crippen LogP contribution in [0.25, 0.3) is 10.8 Å². The fourth-order valence-corrected chi connectivity index (χ4v) is 2.55. The van der Waals surface area contributed by atoms with Gasteiger partial charge in [-0.2, -0.15) is 0 Å². The van der Waals surface area contributed by atoms with Crippen LogP contribution in [0.1, 0.15) is 26.6 Å². The zero-order valence-corrected chi connectivity index (χ0v) is 13.3. The second-order valence-corrected chi connectivity index (χ2v) is 5.31. The van der Waals surface area contributed by atoms with Gasteiger partial charge in [0.2, 0.25) is 5.76 Å². The van der Waals surface area contributed by atoms with Crippen LogP contribution in [-0.2, 0) is 16.1 Å². The number of furan rings is 1. The summed E-state index contributed by atoms with van der Waals surface area (Å²) in [4.78, 5) is 35.9. The van der Waals surface area contributed by atoms with Gasteiger partial charge in [-0.15, -0.1) is 11.3 Å². The first-order valence-electron chi connectivity index (χ1n) is 6.73. The molecule has 0 unspecified atom stereocenters. The van der Waals surface area contributed by atoms with E-state index in [1.807, 2.05) is 0 Å². The van der Waals surface area contributed by atoms with Crippen molar-refractivity contribution >= 4 is 23.3 Å². The topological polar surface area (TPSA) is 104 Å². The summed E-state index contributed by atoms with van der Waals surface area (Å²) in [5.41, 5.74) is 0.558. The van der Waals surface area contributed by atoms with Gasteiger partial charge in [0.25, 0.3) is 0 Å². The monoisotopic (exact) mass is 345 g/mol. The molecule has 0 N–H and O–H groups in total. The van der Waals surface area contributed by atoms with Crippen molar-refractivity contribution < 1.29 is 23.5 Å². The highest BCUT2D eigenvalue weighted by molar-refractivity contribution is 7.13. The second-order valence-electron chi connectivity index (χ2n) is 4.45. The highest BCUT2D eigenvalue weighted by atomic mass is 32.1. The number of methoxy groups -OCH3 is 1. The number of nitrogens with zero attached hydrogens (tertiary/aromatic N) is 3. The Morgan fingerprint density at radius 1 is 1.25 bits per heavy atom. The third-order valence-corrected chi connectivity index (χ3v) is 3.78. The van der Waals surface area contributed by atoms with Crippen molar-refractivity contribution in [2.24, 2.45) is 0 Å². The predicted octanol–water partition coefficient (Wildman–Crippen LogP) is 2.34. The molecule has 0 aliphatic carbocycles. The number of aromatic nitrogens is 3. The molecule has 0 bridgehead atoms. The van der Waals surface area contributed by atoms with Crippen molar-refractivity contribution in [3.05, 3.63) is 53.2 Å². The summed E-state index contributed by atoms with van der Waals surface area (Å²) in [5, 5.41) is 2.08. The molecule has 0 saturated carbocycles. The lowest BCUT2D eigenvalue weighted by Crippen LogP contribution is -2.08. The summed E-state index contributed by atoms with van der Waals surface area (Å²) in [5.74, 6) is -0.819. The molecule has 3 heterocycles. The Morgan fingerprint density at radius 3 is 2.79 bits per heavy atom. The van der Waals surface area contributed by atoms with Crippen LogP contribution in [0.5, 0.6) is 0 Å². The van der Waals surface area contributed by atoms with Crippen LogP contribution in [0.15, 0.2) is 40.6 Å². The fourth-order valence-electron chi connectivity index (χ4n) is 1.82. The van der Waals surface area contributed by atoms with Crippen LogP contribution in [0.4, 0.5) is 0 Å². The molecule has 9 heteroatoms. The fraction of sp³-hybridized carbons (Fsp3) is 0.133. The van der Waals surface area contributed by atoms with E-state index in [4.69, 9.17) is 9.15 Å². The summed E-state index contributed by atoms with van der Waals surface area (Å²) in [7, 11) is 1.24. The first-order valence-corrected chi connectivity index (χ1v) is 7.61. The van der Waals surface area contributed by atoms with Gasteiger partial charge in [0, 0.05) is 23.3 Å². The van der Waals surface area contributed by atoms with Gasteiger partial charge in [0.1, 0.15) is 6.61 Å². The number of carbonyl (C=O) groups excluding carboxylic acids is 2. The van der Waals surface area contributed by atoms with Gasteiger partial charge >= 0.3 is 11.9 Å². The van der Waals surface area contributed by atoms with E-state index >= 15 is 0 Å². The molecule has 0 radical (unpaired) electrons. The van der Waals surface area contributed by atoms with Gasteiger partial charge in [-0.25, -0.2) is 24.5 Å². The molecule has 0 atom stereocenters. The maximum Gasteiger partial charge on any atom is 0.374 e. The van der Waals surface area contributed by atoms with Crippen LogP contribution in [0.3, 0.4) is 0 Å². The number of ether oxygens (including phenoxy) is 2. The molecule has 8 nitrogen and oxygen atoms in total. The number of rotatable bonds is 5. The smallest absolute Gasteiger partial charge is 0.374 e. The van der Waals surface area contributed by atoms with Gasteiger partial charge in [0.05, 0.1) is 13.4 Å². The van der Waals surface area contributed by atoms with Crippen molar-refractivity contribution in [3.63, 3.8) is 0 Å². The van der Waals surface area contributed by atoms with Crippen molar-refractivity contribution in [3.8, 4) is 10.8 Å². The second kappa shape index (κ2) is 7.01. The molecule has 0 fully saturated rings. The number of esters is 2. The number of thiazole rings is 1. The van der Waals surface area contributed by atoms with Crippen LogP contribution in [-0.4, -0.2) is 34.0 Å². The Hall–Kier alpha value is -3.07. The van der Waals surface area contributed by atoms with E-state index in [1.165, 1.54) is 30.8 Å². The van der Waals surface area contributed by atoms with E-state index in [9.17, 15) is 9.59 Å². The Morgan fingerprint density at radius 2 is 2.04 bits per heavy atom. The molecule has 0 aliphatic heterocycles. The lowest BCUT2D eigenvalue weighted by Gasteiger charge is -2.02. The number of hydrogen-bond acceptors (Lipinski definition) is 9. The largest absolute Gasteiger partial charge is 0.463 e. The molecule has 3 aromatic heterocycles. The maximum absolute atomic E-state index is 12.1. The van der Waals surface area contributed by atoms with E-state index < -0.39 is 11.9 Å². The highest BCUT2D eigenvalue weighted by Crippen LogP contribution is 2.20. The molecule has 0 amide bonds. The van der Waals surface area contributed by atoms with Gasteiger partial charge < -0.3 is 13.9 Å². The molecular formula is C15H11N3O5S. The number of carbonyl (C=O) groups is 2. The lowest BCUT2D eigenvalue weighted by atomic mass is 10.2. The first kappa shape index (κ1) is 15.8. The van der Waals surface area contributed by atoms with Crippen molar-refractivity contribution in [2.75, 3.05) is 7.11 Å². The average Bonchev–Trinajstić information content (AvgIpc) is 3.29. The zero-order chi connectivity index (χ0) is 16.9. The van der Waals surface area contributed by atoms with Gasteiger partial charge in [-0.05, 0) is 12.1 Å². The summed E-state index contributed by atoms with van der Waals surface area (Å²) in [6.45, 7) is -0.130. The minimum atomic E-state index is -0.636. The van der Waals surface area contributed by atoms with E-state index in [1.54, 1.807) is 23.8 Å². The molecule has 24 heavy (non-hydrogen) atoms. The van der Waals surface area contributed by atoms with E-state index in [-0.39, 0.29) is 18.1 Å². The van der Waals surface area contributed by atoms with Crippen molar-refractivity contribution in [1.29, 1.82) is 0 Å². The normalized spacial score (nSPS) is 10.4. The van der Waals surface area contributed by atoms with E-state index in [2.05, 4.69) is 19.7 Å². The predicted molar refractivity (Wildman–Crippen MR) is 82.3 cm³/mol. The lowest BCUT2D eigenvalue weighted by molar-refractivity contribution is 0.0448. The third-order valence-electron chi connectivity index (χ3n) is 2.95. The molecule has 122 valence electrons. The van der Waals surface area contributed by atoms with Crippen LogP contribution in [0, 0.1) is 0 Å². The standard InChI is InChI=1S/C15H11N3O5S/c1-21-15(20)11-9(3-6-22-11)7-23-14(19)10-8-24-13(18-10)12-16-4-2-5-17-12/h2-6,8H,7H2,1H3. The zero-order valence-electron chi connectivity index (χ0n) is 12.5. The minimum absolute atomic E-state index is 0.00181. The van der Waals surface area contributed by atoms with Crippen LogP contribution >= 0.6 is 11.3 Å². The van der Waals surface area contributed by atoms with E-state index in [0.29, 0.717) is 16.4 Å². The van der Waals surface area contributed by atoms with Gasteiger partial charge in [0.15, 0.2) is 16.5 Å². The van der Waals surface area contributed by atoms with Crippen LogP contribution in [0.2, 0.25) is 0 Å². The minimum Gasteiger partial charge on any atom is -0.463 e. The Balaban J connectivity index is 1.67. The van der Waals surface area contributed by atoms with Gasteiger partial charge in [-0.1, -0.05) is 0 Å². The third kappa shape index (κ3) is 3.30. The molecule has 0 aromatic carbocycles. The summed E-state index contributed by atoms with van der Waals surface area (Å²) >= 11 is 1.24. The maximum atomic E-state index is 12.1. The molecule has 0 saturated heterocycles. The Kier molecular flexibility index (Phi) is 4.62. The summed E-state index contributed by atoms with van der Waals surface area (Å²) in [6, 6.07) is 3.22. The Labute approximate surface area is 140 Å². The van der Waals surface area contributed by atoms with Crippen molar-refractivity contribution in [2.45, 2.75) is 6.61 Å². The quantitative estimate of drug-likeness (QED) is 0.649. The van der Waals surface area contributed by atoms with Gasteiger partial charge in [-0.3, -0.25) is 0 Å². The average molecular weight is 345 g/mol. The molecular weight excluding hydrogens is 334 g/mol. The summed E-state index contributed by atoms with van der Waals surface area (Å²) in [6.07, 6.45) is 4.51. The first-order chi connectivity index (χ1) is 11.7. The molecule has 0 spiro atoms. The summed E-state index contributed by atoms with van der Waals surface area (Å²) < 4.78 is 14.8. The molecule has 3 aromatic rings. The van der Waals surface area contributed by atoms with E-state index in [0.717, 1.165) is 0 Å². The number of hydrogen-bond donors (Lipinski definition) is 0. The molecule has 3 rings (SSSR count). The molecule has 0 aliphatic rings. The van der Waals surface area contributed by atoms with Crippen LogP contribution < -0.4 is 0 Å². The Bertz CT molecular complexity index is 859.